The molecular formula is C23H33FN4O3. The standard InChI is InChI=1S/C23H33FN4O3/c24-19-5-2-1-4-18(19)23(30)28-11-7-17(8-12-28)31-13-3-9-26-22(29)21-14-16-15-25-10-6-20(16)27-21/h1-2,4-5,16-17,20-21,25,27H,3,6-15H2,(H,26,29). The number of fused-ring (bicyclic) bond motifs is 1. The Morgan fingerprint density at radius 3 is 2.77 bits per heavy atom. The molecule has 3 atom stereocenters. The fourth-order valence-electron chi connectivity index (χ4n) is 4.89. The molecule has 170 valence electrons. The molecule has 3 aliphatic rings. The fraction of sp³-hybridized carbons (Fsp3) is 0.652. The lowest BCUT2D eigenvalue weighted by Crippen LogP contribution is -2.45. The average Bonchev–Trinajstić information content (AvgIpc) is 3.23. The lowest BCUT2D eigenvalue weighted by Gasteiger charge is -2.32. The van der Waals surface area contributed by atoms with Crippen molar-refractivity contribution in [3.05, 3.63) is 35.6 Å². The molecule has 4 rings (SSSR count). The van der Waals surface area contributed by atoms with Gasteiger partial charge in [-0.15, -0.1) is 0 Å². The highest BCUT2D eigenvalue weighted by atomic mass is 19.1. The maximum Gasteiger partial charge on any atom is 0.256 e. The molecule has 2 amide bonds. The SMILES string of the molecule is O=C(NCCCOC1CCN(C(=O)c2ccccc2F)CC1)C1CC2CNCCC2N1. The number of halogens is 1. The lowest BCUT2D eigenvalue weighted by molar-refractivity contribution is -0.122. The normalized spacial score (nSPS) is 26.5. The molecule has 0 radical (unpaired) electrons. The summed E-state index contributed by atoms with van der Waals surface area (Å²) in [5.74, 6) is -0.0788. The lowest BCUT2D eigenvalue weighted by atomic mass is 9.94. The molecule has 1 aromatic rings. The second-order valence-electron chi connectivity index (χ2n) is 8.80. The van der Waals surface area contributed by atoms with Gasteiger partial charge in [0.15, 0.2) is 0 Å². The Bertz CT molecular complexity index is 755. The van der Waals surface area contributed by atoms with E-state index in [0.29, 0.717) is 38.2 Å². The number of nitrogens with one attached hydrogen (secondary N) is 3. The van der Waals surface area contributed by atoms with Crippen molar-refractivity contribution in [2.75, 3.05) is 39.3 Å². The monoisotopic (exact) mass is 432 g/mol. The number of likely N-dealkylation sites (tertiary alicyclic amines) is 1. The Labute approximate surface area is 183 Å². The van der Waals surface area contributed by atoms with Crippen molar-refractivity contribution in [1.82, 2.24) is 20.9 Å². The van der Waals surface area contributed by atoms with Crippen molar-refractivity contribution in [2.24, 2.45) is 5.92 Å². The maximum absolute atomic E-state index is 13.8. The smallest absolute Gasteiger partial charge is 0.256 e. The molecule has 3 heterocycles. The van der Waals surface area contributed by atoms with Crippen LogP contribution < -0.4 is 16.0 Å². The summed E-state index contributed by atoms with van der Waals surface area (Å²) in [4.78, 5) is 26.6. The Morgan fingerprint density at radius 1 is 1.19 bits per heavy atom. The van der Waals surface area contributed by atoms with Gasteiger partial charge in [0.2, 0.25) is 5.91 Å². The highest BCUT2D eigenvalue weighted by Gasteiger charge is 2.38. The van der Waals surface area contributed by atoms with Gasteiger partial charge in [-0.1, -0.05) is 12.1 Å². The summed E-state index contributed by atoms with van der Waals surface area (Å²) in [6.45, 7) is 4.35. The third-order valence-electron chi connectivity index (χ3n) is 6.69. The zero-order valence-corrected chi connectivity index (χ0v) is 17.9. The number of amides is 2. The van der Waals surface area contributed by atoms with Gasteiger partial charge < -0.3 is 25.6 Å². The van der Waals surface area contributed by atoms with Crippen LogP contribution in [0.3, 0.4) is 0 Å². The molecule has 3 N–H and O–H groups in total. The molecule has 0 aromatic heterocycles. The van der Waals surface area contributed by atoms with Gasteiger partial charge in [-0.25, -0.2) is 4.39 Å². The van der Waals surface area contributed by atoms with Gasteiger partial charge in [-0.2, -0.15) is 0 Å². The summed E-state index contributed by atoms with van der Waals surface area (Å²) in [6.07, 6.45) is 4.36. The fourth-order valence-corrected chi connectivity index (χ4v) is 4.89. The van der Waals surface area contributed by atoms with Crippen LogP contribution in [0.4, 0.5) is 4.39 Å². The number of benzene rings is 1. The topological polar surface area (TPSA) is 82.7 Å². The first kappa shape index (κ1) is 22.2. The average molecular weight is 433 g/mol. The minimum Gasteiger partial charge on any atom is -0.378 e. The van der Waals surface area contributed by atoms with Gasteiger partial charge in [-0.05, 0) is 63.2 Å². The largest absolute Gasteiger partial charge is 0.378 e. The molecular weight excluding hydrogens is 399 g/mol. The van der Waals surface area contributed by atoms with E-state index in [2.05, 4.69) is 16.0 Å². The summed E-state index contributed by atoms with van der Waals surface area (Å²) in [5, 5.41) is 9.90. The van der Waals surface area contributed by atoms with Crippen LogP contribution in [0.25, 0.3) is 0 Å². The van der Waals surface area contributed by atoms with Crippen LogP contribution in [0, 0.1) is 11.7 Å². The number of carbonyl (C=O) groups is 2. The molecule has 0 bridgehead atoms. The summed E-state index contributed by atoms with van der Waals surface area (Å²) < 4.78 is 19.8. The van der Waals surface area contributed by atoms with Crippen molar-refractivity contribution in [3.63, 3.8) is 0 Å². The molecule has 0 aliphatic carbocycles. The van der Waals surface area contributed by atoms with Gasteiger partial charge in [0.25, 0.3) is 5.91 Å². The van der Waals surface area contributed by atoms with E-state index in [0.717, 1.165) is 45.2 Å². The summed E-state index contributed by atoms with van der Waals surface area (Å²) in [7, 11) is 0. The van der Waals surface area contributed by atoms with Crippen LogP contribution >= 0.6 is 0 Å². The molecule has 8 heteroatoms. The van der Waals surface area contributed by atoms with Gasteiger partial charge in [0, 0.05) is 32.3 Å². The minimum absolute atomic E-state index is 0.0767. The number of rotatable bonds is 7. The second-order valence-corrected chi connectivity index (χ2v) is 8.80. The van der Waals surface area contributed by atoms with E-state index in [1.807, 2.05) is 0 Å². The van der Waals surface area contributed by atoms with Crippen LogP contribution in [0.5, 0.6) is 0 Å². The zero-order chi connectivity index (χ0) is 21.6. The molecule has 0 saturated carbocycles. The molecule has 3 fully saturated rings. The van der Waals surface area contributed by atoms with Crippen molar-refractivity contribution in [3.8, 4) is 0 Å². The van der Waals surface area contributed by atoms with Crippen LogP contribution in [0.1, 0.15) is 42.5 Å². The quantitative estimate of drug-likeness (QED) is 0.566. The number of nitrogens with zero attached hydrogens (tertiary/aromatic N) is 1. The van der Waals surface area contributed by atoms with Gasteiger partial charge >= 0.3 is 0 Å². The van der Waals surface area contributed by atoms with Gasteiger partial charge in [0.05, 0.1) is 17.7 Å². The minimum atomic E-state index is -0.476. The number of hydrogen-bond acceptors (Lipinski definition) is 5. The zero-order valence-electron chi connectivity index (χ0n) is 17.9. The van der Waals surface area contributed by atoms with Crippen molar-refractivity contribution in [1.29, 1.82) is 0 Å². The number of hydrogen-bond donors (Lipinski definition) is 3. The molecule has 0 spiro atoms. The highest BCUT2D eigenvalue weighted by Crippen LogP contribution is 2.24. The van der Waals surface area contributed by atoms with E-state index >= 15 is 0 Å². The Balaban J connectivity index is 1.09. The highest BCUT2D eigenvalue weighted by molar-refractivity contribution is 5.94. The maximum atomic E-state index is 13.8. The predicted molar refractivity (Wildman–Crippen MR) is 115 cm³/mol. The molecule has 31 heavy (non-hydrogen) atoms. The van der Waals surface area contributed by atoms with E-state index in [-0.39, 0.29) is 29.5 Å². The third kappa shape index (κ3) is 5.61. The van der Waals surface area contributed by atoms with E-state index in [4.69, 9.17) is 4.74 Å². The van der Waals surface area contributed by atoms with Crippen LogP contribution in [0.15, 0.2) is 24.3 Å². The van der Waals surface area contributed by atoms with E-state index in [1.54, 1.807) is 17.0 Å². The second kappa shape index (κ2) is 10.5. The van der Waals surface area contributed by atoms with E-state index in [1.165, 1.54) is 12.1 Å². The van der Waals surface area contributed by atoms with E-state index < -0.39 is 5.82 Å². The first-order valence-corrected chi connectivity index (χ1v) is 11.5. The first-order valence-electron chi connectivity index (χ1n) is 11.5. The van der Waals surface area contributed by atoms with Crippen molar-refractivity contribution < 1.29 is 18.7 Å². The summed E-state index contributed by atoms with van der Waals surface area (Å²) in [6, 6.07) is 6.50. The Hall–Kier alpha value is -2.03. The Morgan fingerprint density at radius 2 is 2.00 bits per heavy atom. The third-order valence-corrected chi connectivity index (χ3v) is 6.69. The molecule has 3 aliphatic heterocycles. The number of ether oxygens (including phenoxy) is 1. The molecule has 3 unspecified atom stereocenters. The van der Waals surface area contributed by atoms with Crippen LogP contribution in [-0.4, -0.2) is 74.2 Å². The summed E-state index contributed by atoms with van der Waals surface area (Å²) in [5.41, 5.74) is 0.130. The van der Waals surface area contributed by atoms with Crippen LogP contribution in [-0.2, 0) is 9.53 Å². The van der Waals surface area contributed by atoms with Gasteiger partial charge in [-0.3, -0.25) is 9.59 Å². The molecule has 3 saturated heterocycles. The Kier molecular flexibility index (Phi) is 7.53. The predicted octanol–water partition coefficient (Wildman–Crippen LogP) is 1.29. The number of piperidine rings is 2. The van der Waals surface area contributed by atoms with Crippen molar-refractivity contribution >= 4 is 11.8 Å². The molecule has 1 aromatic carbocycles. The first-order chi connectivity index (χ1) is 15.1. The van der Waals surface area contributed by atoms with Crippen molar-refractivity contribution in [2.45, 2.75) is 50.3 Å². The van der Waals surface area contributed by atoms with Crippen LogP contribution in [0.2, 0.25) is 0 Å². The van der Waals surface area contributed by atoms with E-state index in [9.17, 15) is 14.0 Å². The summed E-state index contributed by atoms with van der Waals surface area (Å²) >= 11 is 0. The van der Waals surface area contributed by atoms with Gasteiger partial charge in [0.1, 0.15) is 5.82 Å². The number of carbonyl (C=O) groups excluding carboxylic acids is 2. The molecule has 7 nitrogen and oxygen atoms in total.